The molecule has 1 aromatic carbocycles. The normalized spacial score (nSPS) is 14.1. The first-order valence-electron chi connectivity index (χ1n) is 8.21. The molecule has 0 amide bonds. The highest BCUT2D eigenvalue weighted by Gasteiger charge is 2.19. The van der Waals surface area contributed by atoms with E-state index in [-0.39, 0.29) is 5.56 Å². The lowest BCUT2D eigenvalue weighted by molar-refractivity contribution is 0.594. The van der Waals surface area contributed by atoms with Crippen LogP contribution in [0.4, 0.5) is 0 Å². The molecule has 0 saturated heterocycles. The third-order valence-electron chi connectivity index (χ3n) is 4.76. The quantitative estimate of drug-likeness (QED) is 0.781. The molecule has 1 aliphatic rings. The molecule has 3 aromatic rings. The van der Waals surface area contributed by atoms with Gasteiger partial charge in [0.1, 0.15) is 0 Å². The minimum Gasteiger partial charge on any atom is -0.344 e. The van der Waals surface area contributed by atoms with E-state index in [1.54, 1.807) is 6.07 Å². The highest BCUT2D eigenvalue weighted by Crippen LogP contribution is 2.29. The van der Waals surface area contributed by atoms with Crippen molar-refractivity contribution in [2.75, 3.05) is 6.54 Å². The Morgan fingerprint density at radius 1 is 1.22 bits per heavy atom. The summed E-state index contributed by atoms with van der Waals surface area (Å²) in [6.45, 7) is 5.10. The van der Waals surface area contributed by atoms with Gasteiger partial charge in [0, 0.05) is 54.9 Å². The van der Waals surface area contributed by atoms with E-state index in [0.717, 1.165) is 32.5 Å². The number of rotatable bonds is 3. The molecule has 0 fully saturated rings. The maximum absolute atomic E-state index is 11.2. The monoisotopic (exact) mass is 307 g/mol. The summed E-state index contributed by atoms with van der Waals surface area (Å²) in [6, 6.07) is 10.3. The molecule has 0 atom stereocenters. The van der Waals surface area contributed by atoms with Gasteiger partial charge in [0.05, 0.1) is 0 Å². The number of aromatic nitrogens is 2. The van der Waals surface area contributed by atoms with Gasteiger partial charge in [-0.1, -0.05) is 17.7 Å². The predicted octanol–water partition coefficient (Wildman–Crippen LogP) is 2.53. The first-order chi connectivity index (χ1) is 11.2. The molecule has 4 heteroatoms. The van der Waals surface area contributed by atoms with Gasteiger partial charge < -0.3 is 14.9 Å². The van der Waals surface area contributed by atoms with Gasteiger partial charge in [-0.15, -0.1) is 0 Å². The molecule has 4 rings (SSSR count). The molecule has 118 valence electrons. The molecule has 23 heavy (non-hydrogen) atoms. The fourth-order valence-corrected chi connectivity index (χ4v) is 3.59. The lowest BCUT2D eigenvalue weighted by Crippen LogP contribution is -2.24. The number of pyridine rings is 1. The summed E-state index contributed by atoms with van der Waals surface area (Å²) in [7, 11) is 0. The number of aromatic amines is 1. The van der Waals surface area contributed by atoms with E-state index in [9.17, 15) is 4.79 Å². The zero-order valence-corrected chi connectivity index (χ0v) is 13.4. The minimum atomic E-state index is -0.0425. The standard InChI is InChI=1S/C19H21N3O/c1-13-2-4-17-15(10-13)16-12-20-8-6-18(16)22(17)9-7-14-3-5-19(23)21-11-14/h2-5,10-11,20H,6-9,12H2,1H3,(H,21,23). The van der Waals surface area contributed by atoms with Crippen LogP contribution in [0.25, 0.3) is 10.9 Å². The van der Waals surface area contributed by atoms with Crippen molar-refractivity contribution in [1.29, 1.82) is 0 Å². The maximum atomic E-state index is 11.2. The van der Waals surface area contributed by atoms with Crippen LogP contribution in [-0.4, -0.2) is 16.1 Å². The second kappa shape index (κ2) is 5.70. The molecule has 2 N–H and O–H groups in total. The lowest BCUT2D eigenvalue weighted by Gasteiger charge is -2.17. The first kappa shape index (κ1) is 14.3. The van der Waals surface area contributed by atoms with Crippen molar-refractivity contribution in [2.45, 2.75) is 32.9 Å². The molecule has 0 unspecified atom stereocenters. The van der Waals surface area contributed by atoms with E-state index >= 15 is 0 Å². The Hall–Kier alpha value is -2.33. The van der Waals surface area contributed by atoms with Crippen LogP contribution < -0.4 is 10.9 Å². The minimum absolute atomic E-state index is 0.0425. The Morgan fingerprint density at radius 3 is 2.96 bits per heavy atom. The van der Waals surface area contributed by atoms with E-state index in [0.29, 0.717) is 0 Å². The van der Waals surface area contributed by atoms with Crippen LogP contribution in [0.2, 0.25) is 0 Å². The number of nitrogens with one attached hydrogen (secondary N) is 2. The Bertz CT molecular complexity index is 900. The van der Waals surface area contributed by atoms with Crippen LogP contribution >= 0.6 is 0 Å². The Morgan fingerprint density at radius 2 is 2.13 bits per heavy atom. The van der Waals surface area contributed by atoms with E-state index in [4.69, 9.17) is 0 Å². The second-order valence-electron chi connectivity index (χ2n) is 6.34. The topological polar surface area (TPSA) is 49.8 Å². The summed E-state index contributed by atoms with van der Waals surface area (Å²) >= 11 is 0. The third-order valence-corrected chi connectivity index (χ3v) is 4.76. The number of hydrogen-bond acceptors (Lipinski definition) is 2. The Kier molecular flexibility index (Phi) is 3.54. The molecule has 1 aliphatic heterocycles. The van der Waals surface area contributed by atoms with Gasteiger partial charge in [0.15, 0.2) is 0 Å². The number of fused-ring (bicyclic) bond motifs is 3. The highest BCUT2D eigenvalue weighted by molar-refractivity contribution is 5.86. The number of H-pyrrole nitrogens is 1. The maximum Gasteiger partial charge on any atom is 0.247 e. The second-order valence-corrected chi connectivity index (χ2v) is 6.34. The first-order valence-corrected chi connectivity index (χ1v) is 8.21. The van der Waals surface area contributed by atoms with Gasteiger partial charge in [-0.25, -0.2) is 0 Å². The molecule has 2 aromatic heterocycles. The summed E-state index contributed by atoms with van der Waals surface area (Å²) in [5.74, 6) is 0. The van der Waals surface area contributed by atoms with E-state index in [1.807, 2.05) is 12.3 Å². The molecule has 3 heterocycles. The molecular formula is C19H21N3O. The van der Waals surface area contributed by atoms with Gasteiger partial charge in [-0.2, -0.15) is 0 Å². The van der Waals surface area contributed by atoms with Crippen LogP contribution in [0.3, 0.4) is 0 Å². The van der Waals surface area contributed by atoms with Crippen molar-refractivity contribution in [3.8, 4) is 0 Å². The SMILES string of the molecule is Cc1ccc2c(c1)c1c(n2CCc2ccc(=O)[nH]c2)CCNC1. The average molecular weight is 307 g/mol. The number of benzene rings is 1. The molecule has 0 radical (unpaired) electrons. The third kappa shape index (κ3) is 2.59. The fourth-order valence-electron chi connectivity index (χ4n) is 3.59. The fraction of sp³-hybridized carbons (Fsp3) is 0.316. The van der Waals surface area contributed by atoms with Crippen molar-refractivity contribution < 1.29 is 0 Å². The zero-order chi connectivity index (χ0) is 15.8. The Labute approximate surface area is 135 Å². The van der Waals surface area contributed by atoms with Crippen molar-refractivity contribution in [2.24, 2.45) is 0 Å². The number of hydrogen-bond donors (Lipinski definition) is 2. The van der Waals surface area contributed by atoms with Gasteiger partial charge in [0.2, 0.25) is 5.56 Å². The molecule has 0 saturated carbocycles. The Balaban J connectivity index is 1.73. The summed E-state index contributed by atoms with van der Waals surface area (Å²) < 4.78 is 2.47. The molecule has 0 bridgehead atoms. The predicted molar refractivity (Wildman–Crippen MR) is 92.9 cm³/mol. The highest BCUT2D eigenvalue weighted by atomic mass is 16.1. The molecule has 4 nitrogen and oxygen atoms in total. The van der Waals surface area contributed by atoms with Crippen LogP contribution in [0.15, 0.2) is 41.3 Å². The van der Waals surface area contributed by atoms with Gasteiger partial charge in [-0.3, -0.25) is 4.79 Å². The lowest BCUT2D eigenvalue weighted by atomic mass is 10.0. The average Bonchev–Trinajstić information content (AvgIpc) is 2.88. The van der Waals surface area contributed by atoms with Crippen molar-refractivity contribution in [3.05, 3.63) is 69.3 Å². The summed E-state index contributed by atoms with van der Waals surface area (Å²) in [5.41, 5.74) is 6.68. The largest absolute Gasteiger partial charge is 0.344 e. The number of nitrogens with zero attached hydrogens (tertiary/aromatic N) is 1. The van der Waals surface area contributed by atoms with E-state index < -0.39 is 0 Å². The van der Waals surface area contributed by atoms with Crippen LogP contribution in [0.1, 0.15) is 22.4 Å². The molecule has 0 spiro atoms. The van der Waals surface area contributed by atoms with Crippen molar-refractivity contribution >= 4 is 10.9 Å². The van der Waals surface area contributed by atoms with E-state index in [1.165, 1.54) is 33.3 Å². The van der Waals surface area contributed by atoms with Gasteiger partial charge in [-0.05, 0) is 36.6 Å². The zero-order valence-electron chi connectivity index (χ0n) is 13.4. The van der Waals surface area contributed by atoms with Crippen LogP contribution in [0.5, 0.6) is 0 Å². The van der Waals surface area contributed by atoms with Crippen LogP contribution in [-0.2, 0) is 25.9 Å². The summed E-state index contributed by atoms with van der Waals surface area (Å²) in [6.07, 6.45) is 3.83. The van der Waals surface area contributed by atoms with Crippen LogP contribution in [0, 0.1) is 6.92 Å². The summed E-state index contributed by atoms with van der Waals surface area (Å²) in [4.78, 5) is 13.9. The van der Waals surface area contributed by atoms with E-state index in [2.05, 4.69) is 40.0 Å². The summed E-state index contributed by atoms with van der Waals surface area (Å²) in [5, 5.41) is 4.88. The number of aryl methyl sites for hydroxylation is 3. The van der Waals surface area contributed by atoms with Gasteiger partial charge in [0.25, 0.3) is 0 Å². The van der Waals surface area contributed by atoms with Gasteiger partial charge >= 0.3 is 0 Å². The van der Waals surface area contributed by atoms with Crippen molar-refractivity contribution in [3.63, 3.8) is 0 Å². The molecular weight excluding hydrogens is 286 g/mol. The van der Waals surface area contributed by atoms with Crippen molar-refractivity contribution in [1.82, 2.24) is 14.9 Å². The smallest absolute Gasteiger partial charge is 0.247 e. The molecule has 0 aliphatic carbocycles.